The summed E-state index contributed by atoms with van der Waals surface area (Å²) in [6, 6.07) is 1.80. The molecule has 0 saturated carbocycles. The molecule has 1 amide bonds. The lowest BCUT2D eigenvalue weighted by molar-refractivity contribution is 0.0938. The van der Waals surface area contributed by atoms with Crippen LogP contribution >= 0.6 is 0 Å². The second kappa shape index (κ2) is 7.07. The van der Waals surface area contributed by atoms with Gasteiger partial charge in [0.05, 0.1) is 0 Å². The maximum Gasteiger partial charge on any atom is 0.270 e. The van der Waals surface area contributed by atoms with Gasteiger partial charge in [0.2, 0.25) is 5.95 Å². The van der Waals surface area contributed by atoms with E-state index >= 15 is 0 Å². The van der Waals surface area contributed by atoms with Gasteiger partial charge in [-0.05, 0) is 39.2 Å². The Hall–Kier alpha value is -1.65. The van der Waals surface area contributed by atoms with Gasteiger partial charge in [0.25, 0.3) is 5.91 Å². The number of anilines is 1. The van der Waals surface area contributed by atoms with Crippen LogP contribution in [0.25, 0.3) is 0 Å². The van der Waals surface area contributed by atoms with Gasteiger partial charge in [-0.25, -0.2) is 9.97 Å². The molecule has 0 aliphatic rings. The highest BCUT2D eigenvalue weighted by Crippen LogP contribution is 2.06. The van der Waals surface area contributed by atoms with Gasteiger partial charge in [-0.2, -0.15) is 0 Å². The van der Waals surface area contributed by atoms with Crippen molar-refractivity contribution >= 4 is 11.9 Å². The fourth-order valence-corrected chi connectivity index (χ4v) is 1.57. The van der Waals surface area contributed by atoms with Gasteiger partial charge in [-0.3, -0.25) is 4.79 Å². The summed E-state index contributed by atoms with van der Waals surface area (Å²) >= 11 is 0. The first-order valence-electron chi connectivity index (χ1n) is 6.79. The van der Waals surface area contributed by atoms with Crippen LogP contribution in [-0.2, 0) is 0 Å². The number of carbonyl (C=O) groups excluding carboxylic acids is 1. The maximum absolute atomic E-state index is 11.9. The van der Waals surface area contributed by atoms with Gasteiger partial charge in [0.1, 0.15) is 5.69 Å². The van der Waals surface area contributed by atoms with Crippen molar-refractivity contribution in [2.24, 2.45) is 5.92 Å². The zero-order valence-corrected chi connectivity index (χ0v) is 12.4. The molecule has 1 rings (SSSR count). The van der Waals surface area contributed by atoms with Crippen LogP contribution in [0.2, 0.25) is 0 Å². The summed E-state index contributed by atoms with van der Waals surface area (Å²) in [5, 5.41) is 5.99. The summed E-state index contributed by atoms with van der Waals surface area (Å²) in [7, 11) is 0. The van der Waals surface area contributed by atoms with Crippen LogP contribution in [0.3, 0.4) is 0 Å². The fraction of sp³-hybridized carbons (Fsp3) is 0.643. The summed E-state index contributed by atoms with van der Waals surface area (Å²) < 4.78 is 0. The van der Waals surface area contributed by atoms with E-state index in [-0.39, 0.29) is 11.9 Å². The monoisotopic (exact) mass is 264 g/mol. The normalized spacial score (nSPS) is 10.9. The topological polar surface area (TPSA) is 66.9 Å². The number of amides is 1. The Balaban J connectivity index is 2.73. The molecule has 0 spiro atoms. The lowest BCUT2D eigenvalue weighted by Crippen LogP contribution is -2.31. The van der Waals surface area contributed by atoms with Crippen LogP contribution in [0.1, 0.15) is 50.3 Å². The molecule has 0 aliphatic heterocycles. The highest BCUT2D eigenvalue weighted by atomic mass is 16.1. The molecule has 0 saturated heterocycles. The van der Waals surface area contributed by atoms with E-state index in [0.29, 0.717) is 17.6 Å². The first-order chi connectivity index (χ1) is 8.88. The number of nitrogens with zero attached hydrogens (tertiary/aromatic N) is 2. The summed E-state index contributed by atoms with van der Waals surface area (Å²) in [4.78, 5) is 20.5. The number of rotatable bonds is 6. The molecule has 0 bridgehead atoms. The average molecular weight is 264 g/mol. The van der Waals surface area contributed by atoms with Crippen molar-refractivity contribution in [1.29, 1.82) is 0 Å². The molecule has 0 fully saturated rings. The maximum atomic E-state index is 11.9. The van der Waals surface area contributed by atoms with E-state index in [1.807, 2.05) is 20.8 Å². The third-order valence-corrected chi connectivity index (χ3v) is 2.51. The van der Waals surface area contributed by atoms with Crippen molar-refractivity contribution in [3.63, 3.8) is 0 Å². The molecule has 0 radical (unpaired) electrons. The lowest BCUT2D eigenvalue weighted by Gasteiger charge is -2.11. The fourth-order valence-electron chi connectivity index (χ4n) is 1.57. The quantitative estimate of drug-likeness (QED) is 0.828. The number of hydrogen-bond acceptors (Lipinski definition) is 4. The highest BCUT2D eigenvalue weighted by molar-refractivity contribution is 5.92. The van der Waals surface area contributed by atoms with Crippen LogP contribution in [-0.4, -0.2) is 28.5 Å². The van der Waals surface area contributed by atoms with Crippen LogP contribution < -0.4 is 10.6 Å². The van der Waals surface area contributed by atoms with E-state index < -0.39 is 0 Å². The van der Waals surface area contributed by atoms with E-state index in [4.69, 9.17) is 0 Å². The summed E-state index contributed by atoms with van der Waals surface area (Å²) in [6.07, 6.45) is 1.05. The molecule has 19 heavy (non-hydrogen) atoms. The van der Waals surface area contributed by atoms with E-state index in [2.05, 4.69) is 34.4 Å². The molecule has 1 heterocycles. The van der Waals surface area contributed by atoms with E-state index in [1.54, 1.807) is 6.07 Å². The number of aromatic nitrogens is 2. The molecule has 1 aromatic heterocycles. The van der Waals surface area contributed by atoms with Gasteiger partial charge in [0, 0.05) is 18.3 Å². The van der Waals surface area contributed by atoms with Gasteiger partial charge < -0.3 is 10.6 Å². The van der Waals surface area contributed by atoms with Gasteiger partial charge in [-0.1, -0.05) is 13.8 Å². The van der Waals surface area contributed by atoms with E-state index in [1.165, 1.54) is 0 Å². The van der Waals surface area contributed by atoms with Crippen molar-refractivity contribution in [3.8, 4) is 0 Å². The Morgan fingerprint density at radius 2 is 1.95 bits per heavy atom. The van der Waals surface area contributed by atoms with Crippen LogP contribution in [0.15, 0.2) is 6.07 Å². The Morgan fingerprint density at radius 1 is 1.26 bits per heavy atom. The minimum absolute atomic E-state index is 0.0973. The van der Waals surface area contributed by atoms with E-state index in [0.717, 1.165) is 18.7 Å². The molecule has 0 aliphatic carbocycles. The van der Waals surface area contributed by atoms with Crippen molar-refractivity contribution in [3.05, 3.63) is 17.5 Å². The van der Waals surface area contributed by atoms with Crippen molar-refractivity contribution in [2.75, 3.05) is 11.9 Å². The van der Waals surface area contributed by atoms with Gasteiger partial charge in [0.15, 0.2) is 0 Å². The Kier molecular flexibility index (Phi) is 5.73. The van der Waals surface area contributed by atoms with Crippen molar-refractivity contribution < 1.29 is 4.79 Å². The second-order valence-electron chi connectivity index (χ2n) is 5.46. The molecule has 1 aromatic rings. The molecule has 0 atom stereocenters. The van der Waals surface area contributed by atoms with Crippen molar-refractivity contribution in [2.45, 2.75) is 47.1 Å². The summed E-state index contributed by atoms with van der Waals surface area (Å²) in [5.74, 6) is 0.989. The Labute approximate surface area is 115 Å². The van der Waals surface area contributed by atoms with Gasteiger partial charge in [-0.15, -0.1) is 0 Å². The molecular weight excluding hydrogens is 240 g/mol. The standard InChI is InChI=1S/C14H24N4O/c1-9(2)6-7-15-14-17-11(5)8-12(18-14)13(19)16-10(3)4/h8-10H,6-7H2,1-5H3,(H,16,19)(H,15,17,18). The Bertz CT molecular complexity index is 429. The smallest absolute Gasteiger partial charge is 0.270 e. The predicted octanol–water partition coefficient (Wildman–Crippen LogP) is 2.38. The predicted molar refractivity (Wildman–Crippen MR) is 77.3 cm³/mol. The minimum Gasteiger partial charge on any atom is -0.354 e. The molecule has 0 aromatic carbocycles. The van der Waals surface area contributed by atoms with Gasteiger partial charge >= 0.3 is 0 Å². The third-order valence-electron chi connectivity index (χ3n) is 2.51. The summed E-state index contributed by atoms with van der Waals surface area (Å²) in [5.41, 5.74) is 1.20. The second-order valence-corrected chi connectivity index (χ2v) is 5.46. The average Bonchev–Trinajstić information content (AvgIpc) is 2.26. The molecule has 0 unspecified atom stereocenters. The number of carbonyl (C=O) groups is 1. The first-order valence-corrected chi connectivity index (χ1v) is 6.79. The zero-order valence-electron chi connectivity index (χ0n) is 12.4. The van der Waals surface area contributed by atoms with Crippen LogP contribution in [0.5, 0.6) is 0 Å². The Morgan fingerprint density at radius 3 is 2.53 bits per heavy atom. The SMILES string of the molecule is Cc1cc(C(=O)NC(C)C)nc(NCCC(C)C)n1. The van der Waals surface area contributed by atoms with Crippen LogP contribution in [0.4, 0.5) is 5.95 Å². The van der Waals surface area contributed by atoms with Crippen molar-refractivity contribution in [1.82, 2.24) is 15.3 Å². The zero-order chi connectivity index (χ0) is 14.4. The highest BCUT2D eigenvalue weighted by Gasteiger charge is 2.11. The minimum atomic E-state index is -0.160. The molecule has 2 N–H and O–H groups in total. The third kappa shape index (κ3) is 5.68. The lowest BCUT2D eigenvalue weighted by atomic mass is 10.1. The first kappa shape index (κ1) is 15.4. The largest absolute Gasteiger partial charge is 0.354 e. The number of aryl methyl sites for hydroxylation is 1. The van der Waals surface area contributed by atoms with Crippen LogP contribution in [0, 0.1) is 12.8 Å². The molecule has 5 heteroatoms. The molecular formula is C14H24N4O. The molecule has 106 valence electrons. The van der Waals surface area contributed by atoms with E-state index in [9.17, 15) is 4.79 Å². The summed E-state index contributed by atoms with van der Waals surface area (Å²) in [6.45, 7) is 10.9. The molecule has 5 nitrogen and oxygen atoms in total. The number of hydrogen-bond donors (Lipinski definition) is 2. The number of nitrogens with one attached hydrogen (secondary N) is 2.